The van der Waals surface area contributed by atoms with Gasteiger partial charge in [0.25, 0.3) is 0 Å². The first kappa shape index (κ1) is 10.4. The lowest BCUT2D eigenvalue weighted by molar-refractivity contribution is -0.190. The SMILES string of the molecule is FC(F)(F)CONCc1cncs1. The van der Waals surface area contributed by atoms with Crippen LogP contribution in [0.15, 0.2) is 11.7 Å². The van der Waals surface area contributed by atoms with Gasteiger partial charge in [-0.2, -0.15) is 18.7 Å². The molecule has 1 rings (SSSR count). The van der Waals surface area contributed by atoms with Gasteiger partial charge in [-0.05, 0) is 0 Å². The summed E-state index contributed by atoms with van der Waals surface area (Å²) in [6.45, 7) is -1.05. The minimum atomic E-state index is -4.29. The maximum absolute atomic E-state index is 11.5. The Balaban J connectivity index is 2.09. The van der Waals surface area contributed by atoms with Gasteiger partial charge in [0.2, 0.25) is 0 Å². The maximum Gasteiger partial charge on any atom is 0.413 e. The van der Waals surface area contributed by atoms with Crippen molar-refractivity contribution in [2.45, 2.75) is 12.7 Å². The Morgan fingerprint density at radius 1 is 1.54 bits per heavy atom. The van der Waals surface area contributed by atoms with Gasteiger partial charge in [0.1, 0.15) is 0 Å². The molecule has 13 heavy (non-hydrogen) atoms. The number of halogens is 3. The predicted octanol–water partition coefficient (Wildman–Crippen LogP) is 1.73. The molecule has 0 saturated heterocycles. The molecular formula is C6H7F3N2OS. The Morgan fingerprint density at radius 3 is 2.85 bits per heavy atom. The summed E-state index contributed by atoms with van der Waals surface area (Å²) in [6.07, 6.45) is -2.73. The van der Waals surface area contributed by atoms with Crippen LogP contribution in [0.4, 0.5) is 13.2 Å². The maximum atomic E-state index is 11.5. The van der Waals surface area contributed by atoms with Gasteiger partial charge < -0.3 is 0 Å². The average molecular weight is 212 g/mol. The molecule has 1 heterocycles. The van der Waals surface area contributed by atoms with Crippen LogP contribution < -0.4 is 5.48 Å². The van der Waals surface area contributed by atoms with Crippen molar-refractivity contribution in [3.63, 3.8) is 0 Å². The van der Waals surface area contributed by atoms with Crippen LogP contribution in [0, 0.1) is 0 Å². The molecule has 0 spiro atoms. The van der Waals surface area contributed by atoms with Crippen LogP contribution in [-0.2, 0) is 11.4 Å². The Kier molecular flexibility index (Phi) is 3.64. The lowest BCUT2D eigenvalue weighted by Gasteiger charge is -2.06. The largest absolute Gasteiger partial charge is 0.413 e. The number of nitrogens with zero attached hydrogens (tertiary/aromatic N) is 1. The fourth-order valence-electron chi connectivity index (χ4n) is 0.584. The van der Waals surface area contributed by atoms with Crippen LogP contribution in [-0.4, -0.2) is 17.8 Å². The number of hydrogen-bond acceptors (Lipinski definition) is 4. The number of alkyl halides is 3. The molecule has 0 amide bonds. The molecule has 0 radical (unpaired) electrons. The number of aromatic nitrogens is 1. The van der Waals surface area contributed by atoms with E-state index in [0.29, 0.717) is 0 Å². The Hall–Kier alpha value is -0.660. The molecule has 0 bridgehead atoms. The van der Waals surface area contributed by atoms with Crippen molar-refractivity contribution in [3.05, 3.63) is 16.6 Å². The number of rotatable bonds is 4. The van der Waals surface area contributed by atoms with E-state index in [2.05, 4.69) is 15.3 Å². The molecule has 0 aliphatic rings. The van der Waals surface area contributed by atoms with Gasteiger partial charge in [-0.25, -0.2) is 0 Å². The molecule has 0 fully saturated rings. The number of hydrogen-bond donors (Lipinski definition) is 1. The molecule has 0 aliphatic carbocycles. The minimum absolute atomic E-state index is 0.237. The van der Waals surface area contributed by atoms with Crippen molar-refractivity contribution in [1.82, 2.24) is 10.5 Å². The second-order valence-electron chi connectivity index (χ2n) is 2.19. The molecule has 0 saturated carbocycles. The van der Waals surface area contributed by atoms with E-state index < -0.39 is 12.8 Å². The van der Waals surface area contributed by atoms with Crippen LogP contribution in [0.3, 0.4) is 0 Å². The van der Waals surface area contributed by atoms with Crippen LogP contribution in [0.2, 0.25) is 0 Å². The van der Waals surface area contributed by atoms with E-state index in [9.17, 15) is 13.2 Å². The fraction of sp³-hybridized carbons (Fsp3) is 0.500. The molecule has 1 N–H and O–H groups in total. The molecule has 74 valence electrons. The number of nitrogens with one attached hydrogen (secondary N) is 1. The van der Waals surface area contributed by atoms with Crippen molar-refractivity contribution in [2.24, 2.45) is 0 Å². The molecule has 7 heteroatoms. The van der Waals surface area contributed by atoms with Gasteiger partial charge in [-0.1, -0.05) is 0 Å². The van der Waals surface area contributed by atoms with Crippen LogP contribution in [0.1, 0.15) is 4.88 Å². The number of thiazole rings is 1. The summed E-state index contributed by atoms with van der Waals surface area (Å²) in [5.74, 6) is 0. The van der Waals surface area contributed by atoms with Crippen molar-refractivity contribution in [2.75, 3.05) is 6.61 Å². The summed E-state index contributed by atoms with van der Waals surface area (Å²) >= 11 is 1.35. The highest BCUT2D eigenvalue weighted by atomic mass is 32.1. The molecule has 0 unspecified atom stereocenters. The van der Waals surface area contributed by atoms with E-state index in [1.165, 1.54) is 11.3 Å². The topological polar surface area (TPSA) is 34.1 Å². The fourth-order valence-corrected chi connectivity index (χ4v) is 1.11. The van der Waals surface area contributed by atoms with E-state index in [1.807, 2.05) is 0 Å². The minimum Gasteiger partial charge on any atom is -0.292 e. The summed E-state index contributed by atoms with van der Waals surface area (Å²) in [5, 5.41) is 0. The summed E-state index contributed by atoms with van der Waals surface area (Å²) in [5.41, 5.74) is 3.79. The van der Waals surface area contributed by atoms with E-state index in [4.69, 9.17) is 0 Å². The molecule has 0 aromatic carbocycles. The highest BCUT2D eigenvalue weighted by Gasteiger charge is 2.27. The normalized spacial score (nSPS) is 11.9. The highest BCUT2D eigenvalue weighted by molar-refractivity contribution is 7.09. The van der Waals surface area contributed by atoms with Gasteiger partial charge >= 0.3 is 6.18 Å². The van der Waals surface area contributed by atoms with Gasteiger partial charge in [-0.3, -0.25) is 9.82 Å². The van der Waals surface area contributed by atoms with Crippen LogP contribution in [0.25, 0.3) is 0 Å². The lowest BCUT2D eigenvalue weighted by atomic mass is 10.6. The average Bonchev–Trinajstić information content (AvgIpc) is 2.48. The van der Waals surface area contributed by atoms with Crippen LogP contribution in [0.5, 0.6) is 0 Å². The van der Waals surface area contributed by atoms with Crippen molar-refractivity contribution >= 4 is 11.3 Å². The Morgan fingerprint density at radius 2 is 2.31 bits per heavy atom. The first-order chi connectivity index (χ1) is 6.08. The van der Waals surface area contributed by atoms with Crippen molar-refractivity contribution in [3.8, 4) is 0 Å². The van der Waals surface area contributed by atoms with E-state index in [0.717, 1.165) is 4.88 Å². The number of hydroxylamine groups is 1. The Labute approximate surface area is 76.5 Å². The van der Waals surface area contributed by atoms with E-state index >= 15 is 0 Å². The standard InChI is InChI=1S/C6H7F3N2OS/c7-6(8,9)3-12-11-2-5-1-10-4-13-5/h1,4,11H,2-3H2. The zero-order valence-corrected chi connectivity index (χ0v) is 7.28. The first-order valence-corrected chi connectivity index (χ1v) is 4.24. The van der Waals surface area contributed by atoms with E-state index in [-0.39, 0.29) is 6.54 Å². The summed E-state index contributed by atoms with van der Waals surface area (Å²) in [4.78, 5) is 8.75. The predicted molar refractivity (Wildman–Crippen MR) is 41.0 cm³/mol. The van der Waals surface area contributed by atoms with Crippen molar-refractivity contribution in [1.29, 1.82) is 0 Å². The second-order valence-corrected chi connectivity index (χ2v) is 3.16. The highest BCUT2D eigenvalue weighted by Crippen LogP contribution is 2.13. The first-order valence-electron chi connectivity index (χ1n) is 3.37. The monoisotopic (exact) mass is 212 g/mol. The zero-order valence-electron chi connectivity index (χ0n) is 6.47. The lowest BCUT2D eigenvalue weighted by Crippen LogP contribution is -2.24. The second kappa shape index (κ2) is 4.54. The van der Waals surface area contributed by atoms with Gasteiger partial charge in [0.05, 0.1) is 12.1 Å². The third-order valence-electron chi connectivity index (χ3n) is 1.07. The van der Waals surface area contributed by atoms with Gasteiger partial charge in [-0.15, -0.1) is 11.3 Å². The summed E-state index contributed by atoms with van der Waals surface area (Å²) in [6, 6.07) is 0. The summed E-state index contributed by atoms with van der Waals surface area (Å²) in [7, 11) is 0. The third-order valence-corrected chi connectivity index (χ3v) is 1.85. The smallest absolute Gasteiger partial charge is 0.292 e. The molecule has 1 aromatic rings. The molecule has 0 atom stereocenters. The molecule has 1 aromatic heterocycles. The van der Waals surface area contributed by atoms with Gasteiger partial charge in [0.15, 0.2) is 6.61 Å². The van der Waals surface area contributed by atoms with Gasteiger partial charge in [0, 0.05) is 11.1 Å². The molecular weight excluding hydrogens is 205 g/mol. The third kappa shape index (κ3) is 4.81. The zero-order chi connectivity index (χ0) is 9.73. The Bertz CT molecular complexity index is 237. The van der Waals surface area contributed by atoms with E-state index in [1.54, 1.807) is 11.7 Å². The molecule has 3 nitrogen and oxygen atoms in total. The van der Waals surface area contributed by atoms with Crippen LogP contribution >= 0.6 is 11.3 Å². The van der Waals surface area contributed by atoms with Crippen molar-refractivity contribution < 1.29 is 18.0 Å². The summed E-state index contributed by atoms with van der Waals surface area (Å²) < 4.78 is 34.6. The molecule has 0 aliphatic heterocycles. The quantitative estimate of drug-likeness (QED) is 0.609.